The van der Waals surface area contributed by atoms with E-state index in [9.17, 15) is 14.0 Å². The van der Waals surface area contributed by atoms with Crippen LogP contribution < -0.4 is 11.1 Å². The van der Waals surface area contributed by atoms with E-state index in [0.29, 0.717) is 32.7 Å². The molecule has 0 saturated heterocycles. The summed E-state index contributed by atoms with van der Waals surface area (Å²) in [5.74, 6) is -1.03. The number of nitrogens with two attached hydrogens (primary N) is 1. The number of aromatic nitrogens is 5. The van der Waals surface area contributed by atoms with Crippen molar-refractivity contribution in [1.82, 2.24) is 24.7 Å². The quantitative estimate of drug-likeness (QED) is 0.304. The number of hydrogen-bond donors (Lipinski definition) is 2. The minimum Gasteiger partial charge on any atom is -0.464 e. The fourth-order valence-corrected chi connectivity index (χ4v) is 5.08. The topological polar surface area (TPSA) is 138 Å². The minimum atomic E-state index is -1.37. The van der Waals surface area contributed by atoms with Crippen LogP contribution in [0.4, 0.5) is 16.0 Å². The fraction of sp³-hybridized carbons (Fsp3) is 0.143. The molecule has 40 heavy (non-hydrogen) atoms. The number of hydrogen-bond acceptors (Lipinski definition) is 8. The second-order valence-corrected chi connectivity index (χ2v) is 9.83. The Balaban J connectivity index is 1.48. The molecular formula is C28H21ClFN7O3. The van der Waals surface area contributed by atoms with Gasteiger partial charge in [-0.1, -0.05) is 35.9 Å². The Hall–Kier alpha value is -4.90. The third-order valence-electron chi connectivity index (χ3n) is 6.98. The van der Waals surface area contributed by atoms with Gasteiger partial charge in [-0.2, -0.15) is 5.10 Å². The lowest BCUT2D eigenvalue weighted by atomic mass is 9.80. The number of fused-ring (bicyclic) bond motifs is 2. The Morgan fingerprint density at radius 2 is 1.93 bits per heavy atom. The van der Waals surface area contributed by atoms with E-state index in [2.05, 4.69) is 20.3 Å². The molecule has 0 radical (unpaired) electrons. The van der Waals surface area contributed by atoms with Gasteiger partial charge in [0, 0.05) is 16.0 Å². The molecule has 1 atom stereocenters. The Labute approximate surface area is 232 Å². The smallest absolute Gasteiger partial charge is 0.356 e. The highest BCUT2D eigenvalue weighted by atomic mass is 35.5. The van der Waals surface area contributed by atoms with Gasteiger partial charge in [-0.15, -0.1) is 0 Å². The van der Waals surface area contributed by atoms with Gasteiger partial charge in [0.15, 0.2) is 5.82 Å². The number of benzene rings is 2. The Morgan fingerprint density at radius 1 is 1.12 bits per heavy atom. The number of pyridine rings is 1. The van der Waals surface area contributed by atoms with E-state index in [0.717, 1.165) is 0 Å². The zero-order valence-electron chi connectivity index (χ0n) is 21.3. The molecule has 1 aliphatic heterocycles. The Kier molecular flexibility index (Phi) is 5.95. The molecule has 0 spiro atoms. The van der Waals surface area contributed by atoms with Crippen LogP contribution in [0.1, 0.15) is 34.2 Å². The average molecular weight is 558 g/mol. The number of esters is 1. The molecule has 2 aromatic carbocycles. The normalized spacial score (nSPS) is 16.1. The van der Waals surface area contributed by atoms with E-state index in [1.807, 2.05) is 0 Å². The first kappa shape index (κ1) is 25.4. The van der Waals surface area contributed by atoms with Crippen molar-refractivity contribution in [3.63, 3.8) is 0 Å². The molecule has 0 saturated carbocycles. The van der Waals surface area contributed by atoms with Crippen molar-refractivity contribution < 1.29 is 18.7 Å². The minimum absolute atomic E-state index is 0.0388. The summed E-state index contributed by atoms with van der Waals surface area (Å²) in [6, 6.07) is 16.4. The van der Waals surface area contributed by atoms with E-state index in [4.69, 9.17) is 27.2 Å². The predicted octanol–water partition coefficient (Wildman–Crippen LogP) is 4.36. The van der Waals surface area contributed by atoms with E-state index < -0.39 is 17.3 Å². The molecule has 3 aromatic heterocycles. The summed E-state index contributed by atoms with van der Waals surface area (Å²) < 4.78 is 20.8. The highest BCUT2D eigenvalue weighted by molar-refractivity contribution is 6.31. The van der Waals surface area contributed by atoms with Crippen molar-refractivity contribution in [1.29, 1.82) is 0 Å². The number of carbonyl (C=O) groups is 2. The van der Waals surface area contributed by atoms with Crippen LogP contribution in [0.2, 0.25) is 5.02 Å². The molecule has 0 fully saturated rings. The van der Waals surface area contributed by atoms with Gasteiger partial charge in [-0.05, 0) is 43.3 Å². The van der Waals surface area contributed by atoms with Crippen LogP contribution in [0.5, 0.6) is 0 Å². The molecule has 0 bridgehead atoms. The number of methoxy groups -OCH3 is 1. The van der Waals surface area contributed by atoms with Crippen molar-refractivity contribution >= 4 is 46.0 Å². The Morgan fingerprint density at radius 3 is 2.70 bits per heavy atom. The van der Waals surface area contributed by atoms with Crippen LogP contribution in [-0.4, -0.2) is 43.7 Å². The third-order valence-corrected chi connectivity index (χ3v) is 7.22. The summed E-state index contributed by atoms with van der Waals surface area (Å²) in [7, 11) is 1.25. The lowest BCUT2D eigenvalue weighted by Gasteiger charge is -2.22. The van der Waals surface area contributed by atoms with Gasteiger partial charge in [0.2, 0.25) is 5.91 Å². The molecular weight excluding hydrogens is 537 g/mol. The molecule has 3 N–H and O–H groups in total. The molecule has 0 aliphatic carbocycles. The number of amides is 1. The zero-order chi connectivity index (χ0) is 28.2. The number of carbonyl (C=O) groups excluding carboxylic acids is 2. The van der Waals surface area contributed by atoms with Crippen molar-refractivity contribution in [2.75, 3.05) is 18.2 Å². The second kappa shape index (κ2) is 9.38. The van der Waals surface area contributed by atoms with Crippen molar-refractivity contribution in [2.24, 2.45) is 0 Å². The maximum atomic E-state index is 14.4. The van der Waals surface area contributed by atoms with Gasteiger partial charge in [-0.3, -0.25) is 9.48 Å². The van der Waals surface area contributed by atoms with Gasteiger partial charge in [0.25, 0.3) is 0 Å². The van der Waals surface area contributed by atoms with E-state index in [1.54, 1.807) is 60.1 Å². The number of nitrogen functional groups attached to an aromatic ring is 1. The molecule has 200 valence electrons. The van der Waals surface area contributed by atoms with Gasteiger partial charge in [0.05, 0.1) is 30.4 Å². The highest BCUT2D eigenvalue weighted by Gasteiger charge is 2.49. The first-order valence-corrected chi connectivity index (χ1v) is 12.5. The summed E-state index contributed by atoms with van der Waals surface area (Å²) >= 11 is 6.28. The van der Waals surface area contributed by atoms with Crippen LogP contribution >= 0.6 is 11.6 Å². The number of rotatable bonds is 5. The van der Waals surface area contributed by atoms with Crippen LogP contribution in [0.3, 0.4) is 0 Å². The zero-order valence-corrected chi connectivity index (χ0v) is 22.0. The van der Waals surface area contributed by atoms with Crippen LogP contribution in [0.25, 0.3) is 22.4 Å². The summed E-state index contributed by atoms with van der Waals surface area (Å²) in [6.45, 7) is 1.78. The SMILES string of the molecule is COC(=O)c1cccc(C2(C)C(=O)Nc3nc(-c4nn(Cc5ccccc5F)c5cc(Cl)ccc45)nc(N)c32)n1. The predicted molar refractivity (Wildman–Crippen MR) is 146 cm³/mol. The standard InChI is InChI=1S/C28H21ClFN7O3/c1-28(20-9-5-8-18(32-20)26(38)40-2)21-23(31)33-25(34-24(21)35-27(28)39)22-16-11-10-15(29)12-19(16)37(36-22)13-14-6-3-4-7-17(14)30/h3-12H,13H2,1-2H3,(H3,31,33,34,35,39). The van der Waals surface area contributed by atoms with Crippen molar-refractivity contribution in [2.45, 2.75) is 18.9 Å². The van der Waals surface area contributed by atoms with Crippen LogP contribution in [0, 0.1) is 5.82 Å². The third kappa shape index (κ3) is 3.93. The van der Waals surface area contributed by atoms with E-state index in [1.165, 1.54) is 19.2 Å². The summed E-state index contributed by atoms with van der Waals surface area (Å²) in [5, 5.41) is 8.62. The molecule has 1 amide bonds. The molecule has 4 heterocycles. The lowest BCUT2D eigenvalue weighted by Crippen LogP contribution is -2.34. The molecule has 1 unspecified atom stereocenters. The number of nitrogens with zero attached hydrogens (tertiary/aromatic N) is 5. The fourth-order valence-electron chi connectivity index (χ4n) is 4.91. The van der Waals surface area contributed by atoms with Gasteiger partial charge in [-0.25, -0.2) is 24.1 Å². The maximum absolute atomic E-state index is 14.4. The monoisotopic (exact) mass is 557 g/mol. The average Bonchev–Trinajstić information content (AvgIpc) is 3.43. The number of ether oxygens (including phenoxy) is 1. The lowest BCUT2D eigenvalue weighted by molar-refractivity contribution is -0.119. The molecule has 1 aliphatic rings. The van der Waals surface area contributed by atoms with E-state index in [-0.39, 0.29) is 41.2 Å². The molecule has 10 nitrogen and oxygen atoms in total. The number of halogens is 2. The Bertz CT molecular complexity index is 1860. The van der Waals surface area contributed by atoms with Gasteiger partial charge >= 0.3 is 5.97 Å². The van der Waals surface area contributed by atoms with Gasteiger partial charge < -0.3 is 15.8 Å². The van der Waals surface area contributed by atoms with Gasteiger partial charge in [0.1, 0.15) is 34.3 Å². The largest absolute Gasteiger partial charge is 0.464 e. The van der Waals surface area contributed by atoms with Crippen molar-refractivity contribution in [3.05, 3.63) is 94.0 Å². The molecule has 6 rings (SSSR count). The van der Waals surface area contributed by atoms with Crippen molar-refractivity contribution in [3.8, 4) is 11.5 Å². The summed E-state index contributed by atoms with van der Waals surface area (Å²) in [4.78, 5) is 38.9. The first-order valence-electron chi connectivity index (χ1n) is 12.2. The van der Waals surface area contributed by atoms with E-state index >= 15 is 0 Å². The van der Waals surface area contributed by atoms with Crippen LogP contribution in [-0.2, 0) is 21.5 Å². The molecule has 12 heteroatoms. The van der Waals surface area contributed by atoms with Crippen LogP contribution in [0.15, 0.2) is 60.7 Å². The summed E-state index contributed by atoms with van der Waals surface area (Å²) in [6.07, 6.45) is 0. The maximum Gasteiger partial charge on any atom is 0.356 e. The number of nitrogens with one attached hydrogen (secondary N) is 1. The summed E-state index contributed by atoms with van der Waals surface area (Å²) in [5.41, 5.74) is 7.21. The number of anilines is 2. The first-order chi connectivity index (χ1) is 19.2. The molecule has 5 aromatic rings. The highest BCUT2D eigenvalue weighted by Crippen LogP contribution is 2.44. The second-order valence-electron chi connectivity index (χ2n) is 9.39.